The third-order valence-corrected chi connectivity index (χ3v) is 6.31. The van der Waals surface area contributed by atoms with E-state index < -0.39 is 32.5 Å². The van der Waals surface area contributed by atoms with Crippen LogP contribution in [-0.2, 0) is 10.0 Å². The number of hydrogen-bond acceptors (Lipinski definition) is 6. The molecule has 0 unspecified atom stereocenters. The molecule has 1 aliphatic heterocycles. The Hall–Kier alpha value is -3.23. The zero-order valence-corrected chi connectivity index (χ0v) is 17.2. The van der Waals surface area contributed by atoms with Crippen molar-refractivity contribution in [3.8, 4) is 6.07 Å². The SMILES string of the molecule is N#CCCN1CCN(c2ccc(NS(=O)(=O)c3cc(F)ccc3F)cc2C(=O)O)CC1. The topological polar surface area (TPSA) is 114 Å². The molecule has 8 nitrogen and oxygen atoms in total. The number of anilines is 2. The van der Waals surface area contributed by atoms with E-state index in [1.54, 1.807) is 0 Å². The van der Waals surface area contributed by atoms with Gasteiger partial charge in [-0.15, -0.1) is 0 Å². The van der Waals surface area contributed by atoms with Crippen LogP contribution in [0, 0.1) is 23.0 Å². The van der Waals surface area contributed by atoms with E-state index in [1.165, 1.54) is 12.1 Å². The summed E-state index contributed by atoms with van der Waals surface area (Å²) in [5, 5.41) is 18.3. The number of carboxylic acid groups (broad SMARTS) is 1. The summed E-state index contributed by atoms with van der Waals surface area (Å²) in [5.74, 6) is -3.30. The van der Waals surface area contributed by atoms with Gasteiger partial charge >= 0.3 is 5.97 Å². The van der Waals surface area contributed by atoms with Crippen molar-refractivity contribution in [1.29, 1.82) is 5.26 Å². The maximum Gasteiger partial charge on any atom is 0.337 e. The van der Waals surface area contributed by atoms with Crippen molar-refractivity contribution in [1.82, 2.24) is 4.90 Å². The number of aromatic carboxylic acids is 1. The molecule has 164 valence electrons. The van der Waals surface area contributed by atoms with Gasteiger partial charge in [-0.25, -0.2) is 22.0 Å². The molecule has 1 saturated heterocycles. The molecule has 11 heteroatoms. The van der Waals surface area contributed by atoms with Crippen molar-refractivity contribution in [3.63, 3.8) is 0 Å². The van der Waals surface area contributed by atoms with Crippen molar-refractivity contribution in [2.24, 2.45) is 0 Å². The zero-order valence-electron chi connectivity index (χ0n) is 16.4. The van der Waals surface area contributed by atoms with Crippen LogP contribution < -0.4 is 9.62 Å². The summed E-state index contributed by atoms with van der Waals surface area (Å²) >= 11 is 0. The third kappa shape index (κ3) is 5.28. The van der Waals surface area contributed by atoms with E-state index in [9.17, 15) is 27.1 Å². The van der Waals surface area contributed by atoms with Crippen molar-refractivity contribution >= 4 is 27.4 Å². The number of carboxylic acids is 1. The summed E-state index contributed by atoms with van der Waals surface area (Å²) in [6.07, 6.45) is 0.418. The first-order valence-electron chi connectivity index (χ1n) is 9.41. The summed E-state index contributed by atoms with van der Waals surface area (Å²) in [7, 11) is -4.47. The van der Waals surface area contributed by atoms with Gasteiger partial charge in [0.25, 0.3) is 10.0 Å². The van der Waals surface area contributed by atoms with Crippen LogP contribution in [0.4, 0.5) is 20.2 Å². The average molecular weight is 450 g/mol. The largest absolute Gasteiger partial charge is 0.478 e. The molecule has 0 amide bonds. The van der Waals surface area contributed by atoms with Gasteiger partial charge in [0, 0.05) is 44.8 Å². The Labute approximate surface area is 178 Å². The minimum atomic E-state index is -4.47. The predicted octanol–water partition coefficient (Wildman–Crippen LogP) is 2.50. The molecular formula is C20H20F2N4O4S. The number of rotatable bonds is 7. The summed E-state index contributed by atoms with van der Waals surface area (Å²) in [4.78, 5) is 14.9. The number of nitrogens with zero attached hydrogens (tertiary/aromatic N) is 3. The van der Waals surface area contributed by atoms with Crippen molar-refractivity contribution in [2.75, 3.05) is 42.3 Å². The summed E-state index contributed by atoms with van der Waals surface area (Å²) in [5.41, 5.74) is 0.218. The molecule has 0 aliphatic carbocycles. The Morgan fingerprint density at radius 1 is 1.13 bits per heavy atom. The third-order valence-electron chi connectivity index (χ3n) is 4.91. The Kier molecular flexibility index (Phi) is 6.72. The Morgan fingerprint density at radius 2 is 1.84 bits per heavy atom. The summed E-state index contributed by atoms with van der Waals surface area (Å²) in [6, 6.07) is 8.14. The van der Waals surface area contributed by atoms with E-state index in [0.717, 1.165) is 12.1 Å². The molecule has 0 spiro atoms. The van der Waals surface area contributed by atoms with Gasteiger partial charge in [-0.3, -0.25) is 9.62 Å². The molecule has 31 heavy (non-hydrogen) atoms. The Bertz CT molecular complexity index is 1130. The van der Waals surface area contributed by atoms with Crippen LogP contribution in [0.5, 0.6) is 0 Å². The average Bonchev–Trinajstić information content (AvgIpc) is 2.74. The molecular weight excluding hydrogens is 430 g/mol. The highest BCUT2D eigenvalue weighted by atomic mass is 32.2. The van der Waals surface area contributed by atoms with E-state index in [-0.39, 0.29) is 11.3 Å². The number of nitriles is 1. The standard InChI is InChI=1S/C20H20F2N4O4S/c21-14-2-4-17(22)19(12-14)31(29,30)24-15-3-5-18(16(13-15)20(27)28)26-10-8-25(9-11-26)7-1-6-23/h2-5,12-13,24H,1,7-11H2,(H,27,28). The second-order valence-corrected chi connectivity index (χ2v) is 8.60. The van der Waals surface area contributed by atoms with Crippen LogP contribution in [-0.4, -0.2) is 57.1 Å². The number of sulfonamides is 1. The van der Waals surface area contributed by atoms with Crippen LogP contribution >= 0.6 is 0 Å². The monoisotopic (exact) mass is 450 g/mol. The highest BCUT2D eigenvalue weighted by Gasteiger charge is 2.24. The van der Waals surface area contributed by atoms with Crippen LogP contribution in [0.1, 0.15) is 16.8 Å². The maximum absolute atomic E-state index is 13.9. The van der Waals surface area contributed by atoms with Gasteiger partial charge in [0.15, 0.2) is 0 Å². The number of piperazine rings is 1. The quantitative estimate of drug-likeness (QED) is 0.666. The highest BCUT2D eigenvalue weighted by Crippen LogP contribution is 2.27. The molecule has 0 bridgehead atoms. The molecule has 0 aromatic heterocycles. The molecule has 2 aromatic carbocycles. The first-order valence-corrected chi connectivity index (χ1v) is 10.9. The molecule has 0 atom stereocenters. The first kappa shape index (κ1) is 22.5. The van der Waals surface area contributed by atoms with Crippen LogP contribution in [0.2, 0.25) is 0 Å². The van der Waals surface area contributed by atoms with Gasteiger partial charge in [0.2, 0.25) is 0 Å². The van der Waals surface area contributed by atoms with Crippen molar-refractivity contribution < 1.29 is 27.1 Å². The lowest BCUT2D eigenvalue weighted by molar-refractivity contribution is 0.0697. The molecule has 1 heterocycles. The second kappa shape index (κ2) is 9.28. The van der Waals surface area contributed by atoms with Gasteiger partial charge in [0.1, 0.15) is 16.5 Å². The van der Waals surface area contributed by atoms with Crippen LogP contribution in [0.25, 0.3) is 0 Å². The lowest BCUT2D eigenvalue weighted by atomic mass is 10.1. The molecule has 0 radical (unpaired) electrons. The molecule has 3 rings (SSSR count). The van der Waals surface area contributed by atoms with Crippen molar-refractivity contribution in [3.05, 3.63) is 53.6 Å². The minimum absolute atomic E-state index is 0.0857. The lowest BCUT2D eigenvalue weighted by Crippen LogP contribution is -2.47. The minimum Gasteiger partial charge on any atom is -0.478 e. The summed E-state index contributed by atoms with van der Waals surface area (Å²) in [6.45, 7) is 3.06. The number of hydrogen-bond donors (Lipinski definition) is 2. The smallest absolute Gasteiger partial charge is 0.337 e. The molecule has 2 aromatic rings. The fraction of sp³-hybridized carbons (Fsp3) is 0.300. The molecule has 2 N–H and O–H groups in total. The predicted molar refractivity (Wildman–Crippen MR) is 109 cm³/mol. The van der Waals surface area contributed by atoms with E-state index in [4.69, 9.17) is 5.26 Å². The maximum atomic E-state index is 13.9. The normalized spacial score (nSPS) is 14.8. The van der Waals surface area contributed by atoms with Gasteiger partial charge in [0.05, 0.1) is 17.3 Å². The van der Waals surface area contributed by atoms with Gasteiger partial charge in [-0.05, 0) is 36.4 Å². The fourth-order valence-corrected chi connectivity index (χ4v) is 4.50. The Balaban J connectivity index is 1.82. The first-order chi connectivity index (χ1) is 14.7. The second-order valence-electron chi connectivity index (χ2n) is 6.95. The summed E-state index contributed by atoms with van der Waals surface area (Å²) < 4.78 is 54.3. The van der Waals surface area contributed by atoms with E-state index in [0.29, 0.717) is 57.0 Å². The van der Waals surface area contributed by atoms with Crippen LogP contribution in [0.15, 0.2) is 41.3 Å². The molecule has 1 aliphatic rings. The number of nitrogens with one attached hydrogen (secondary N) is 1. The Morgan fingerprint density at radius 3 is 2.48 bits per heavy atom. The number of carbonyl (C=O) groups is 1. The van der Waals surface area contributed by atoms with E-state index in [2.05, 4.69) is 15.7 Å². The van der Waals surface area contributed by atoms with Gasteiger partial charge < -0.3 is 10.0 Å². The number of benzene rings is 2. The fourth-order valence-electron chi connectivity index (χ4n) is 3.36. The zero-order chi connectivity index (χ0) is 22.6. The van der Waals surface area contributed by atoms with E-state index >= 15 is 0 Å². The van der Waals surface area contributed by atoms with Crippen molar-refractivity contribution in [2.45, 2.75) is 11.3 Å². The van der Waals surface area contributed by atoms with Gasteiger partial charge in [-0.2, -0.15) is 5.26 Å². The lowest BCUT2D eigenvalue weighted by Gasteiger charge is -2.36. The van der Waals surface area contributed by atoms with E-state index in [1.807, 2.05) is 4.90 Å². The molecule has 1 fully saturated rings. The number of halogens is 2. The highest BCUT2D eigenvalue weighted by molar-refractivity contribution is 7.92. The van der Waals surface area contributed by atoms with Gasteiger partial charge in [-0.1, -0.05) is 0 Å². The molecule has 0 saturated carbocycles. The van der Waals surface area contributed by atoms with Crippen LogP contribution in [0.3, 0.4) is 0 Å².